The predicted molar refractivity (Wildman–Crippen MR) is 124 cm³/mol. The number of imidazole rings is 1. The first kappa shape index (κ1) is 20.5. The number of ether oxygens (including phenoxy) is 1. The van der Waals surface area contributed by atoms with Crippen LogP contribution in [0.4, 0.5) is 10.5 Å². The minimum Gasteiger partial charge on any atom is -0.373 e. The number of nitrogens with one attached hydrogen (secondary N) is 1. The summed E-state index contributed by atoms with van der Waals surface area (Å²) < 4.78 is 7.19. The van der Waals surface area contributed by atoms with E-state index in [9.17, 15) is 4.79 Å². The number of likely N-dealkylation sites (N-methyl/N-ethyl adjacent to an activating group) is 1. The fourth-order valence-electron chi connectivity index (χ4n) is 4.33. The SMILES string of the molecule is CC1COC(CN(C)C)CN1c1ccc2nc(-c3nn(C(N)=O)c4c[c]ccc34)[nH]c2c1. The zero-order valence-electron chi connectivity index (χ0n) is 18.4. The molecule has 2 unspecified atom stereocenters. The van der Waals surface area contributed by atoms with Gasteiger partial charge in [0.1, 0.15) is 5.69 Å². The van der Waals surface area contributed by atoms with E-state index in [4.69, 9.17) is 15.5 Å². The Labute approximate surface area is 185 Å². The molecule has 1 aliphatic rings. The third-order valence-electron chi connectivity index (χ3n) is 5.83. The number of benzene rings is 2. The summed E-state index contributed by atoms with van der Waals surface area (Å²) >= 11 is 0. The monoisotopic (exact) mass is 432 g/mol. The van der Waals surface area contributed by atoms with Crippen molar-refractivity contribution in [2.45, 2.75) is 19.1 Å². The van der Waals surface area contributed by atoms with Crippen molar-refractivity contribution in [3.63, 3.8) is 0 Å². The normalized spacial score (nSPS) is 19.3. The van der Waals surface area contributed by atoms with Crippen LogP contribution in [-0.4, -0.2) is 76.6 Å². The highest BCUT2D eigenvalue weighted by atomic mass is 16.5. The van der Waals surface area contributed by atoms with Gasteiger partial charge in [0.2, 0.25) is 0 Å². The lowest BCUT2D eigenvalue weighted by Crippen LogP contribution is -2.51. The Hall–Kier alpha value is -3.43. The first-order valence-electron chi connectivity index (χ1n) is 10.6. The van der Waals surface area contributed by atoms with Gasteiger partial charge in [-0.05, 0) is 57.4 Å². The average Bonchev–Trinajstić information content (AvgIpc) is 3.35. The molecular weight excluding hydrogens is 406 g/mol. The molecule has 1 radical (unpaired) electrons. The Morgan fingerprint density at radius 1 is 1.38 bits per heavy atom. The lowest BCUT2D eigenvalue weighted by atomic mass is 10.1. The summed E-state index contributed by atoms with van der Waals surface area (Å²) in [6.07, 6.45) is 0.162. The molecule has 0 saturated carbocycles. The summed E-state index contributed by atoms with van der Waals surface area (Å²) in [6.45, 7) is 4.58. The van der Waals surface area contributed by atoms with Crippen LogP contribution in [-0.2, 0) is 4.74 Å². The van der Waals surface area contributed by atoms with E-state index >= 15 is 0 Å². The van der Waals surface area contributed by atoms with Crippen LogP contribution in [0, 0.1) is 6.07 Å². The highest BCUT2D eigenvalue weighted by Gasteiger charge is 2.27. The third kappa shape index (κ3) is 3.59. The molecular formula is C23H26N7O2. The number of hydrogen-bond acceptors (Lipinski definition) is 6. The smallest absolute Gasteiger partial charge is 0.340 e. The fourth-order valence-corrected chi connectivity index (χ4v) is 4.33. The van der Waals surface area contributed by atoms with Gasteiger partial charge in [0, 0.05) is 30.2 Å². The van der Waals surface area contributed by atoms with Gasteiger partial charge >= 0.3 is 6.03 Å². The van der Waals surface area contributed by atoms with Crippen molar-refractivity contribution in [3.05, 3.63) is 42.5 Å². The highest BCUT2D eigenvalue weighted by Crippen LogP contribution is 2.30. The van der Waals surface area contributed by atoms with Gasteiger partial charge in [-0.2, -0.15) is 9.78 Å². The second kappa shape index (κ2) is 7.92. The molecule has 0 bridgehead atoms. The summed E-state index contributed by atoms with van der Waals surface area (Å²) in [4.78, 5) is 24.5. The zero-order valence-corrected chi connectivity index (χ0v) is 18.4. The van der Waals surface area contributed by atoms with E-state index in [1.807, 2.05) is 12.1 Å². The minimum atomic E-state index is -0.646. The number of anilines is 1. The molecule has 3 N–H and O–H groups in total. The molecule has 1 amide bonds. The molecule has 32 heavy (non-hydrogen) atoms. The molecule has 4 aromatic rings. The Morgan fingerprint density at radius 3 is 3.00 bits per heavy atom. The van der Waals surface area contributed by atoms with E-state index in [0.29, 0.717) is 23.6 Å². The van der Waals surface area contributed by atoms with E-state index in [0.717, 1.165) is 35.2 Å². The number of rotatable bonds is 4. The van der Waals surface area contributed by atoms with Gasteiger partial charge in [0.15, 0.2) is 5.82 Å². The van der Waals surface area contributed by atoms with Gasteiger partial charge in [-0.25, -0.2) is 9.78 Å². The topological polar surface area (TPSA) is 105 Å². The Balaban J connectivity index is 1.51. The molecule has 9 heteroatoms. The van der Waals surface area contributed by atoms with Crippen LogP contribution >= 0.6 is 0 Å². The van der Waals surface area contributed by atoms with Gasteiger partial charge in [-0.15, -0.1) is 0 Å². The van der Waals surface area contributed by atoms with E-state index in [1.165, 1.54) is 4.68 Å². The van der Waals surface area contributed by atoms with Gasteiger partial charge in [-0.3, -0.25) is 0 Å². The largest absolute Gasteiger partial charge is 0.373 e. The zero-order chi connectivity index (χ0) is 22.4. The van der Waals surface area contributed by atoms with Crippen molar-refractivity contribution in [1.29, 1.82) is 0 Å². The summed E-state index contributed by atoms with van der Waals surface area (Å²) in [5.41, 5.74) is 9.54. The number of hydrogen-bond donors (Lipinski definition) is 2. The van der Waals surface area contributed by atoms with Crippen molar-refractivity contribution in [3.8, 4) is 11.5 Å². The lowest BCUT2D eigenvalue weighted by Gasteiger charge is -2.40. The van der Waals surface area contributed by atoms with Crippen LogP contribution in [0.5, 0.6) is 0 Å². The molecule has 1 fully saturated rings. The number of nitrogens with zero attached hydrogens (tertiary/aromatic N) is 5. The van der Waals surface area contributed by atoms with Crippen molar-refractivity contribution in [2.24, 2.45) is 5.73 Å². The standard InChI is InChI=1S/C23H26N7O2/c1-14-13-32-16(11-28(2)3)12-29(14)15-8-9-18-19(10-15)26-22(25-18)21-17-6-4-5-7-20(17)30(27-21)23(24)31/h4,6-10,14,16H,11-13H2,1-3H3,(H2,24,31)(H,25,26). The molecule has 2 atom stereocenters. The van der Waals surface area contributed by atoms with Crippen molar-refractivity contribution in [2.75, 3.05) is 38.7 Å². The van der Waals surface area contributed by atoms with E-state index in [2.05, 4.69) is 59.1 Å². The second-order valence-electron chi connectivity index (χ2n) is 8.55. The molecule has 2 aromatic heterocycles. The van der Waals surface area contributed by atoms with Gasteiger partial charge in [0.25, 0.3) is 0 Å². The third-order valence-corrected chi connectivity index (χ3v) is 5.83. The second-order valence-corrected chi connectivity index (χ2v) is 8.55. The molecule has 165 valence electrons. The number of aromatic amines is 1. The number of amides is 1. The minimum absolute atomic E-state index is 0.162. The lowest BCUT2D eigenvalue weighted by molar-refractivity contribution is 0.00880. The van der Waals surface area contributed by atoms with E-state index in [-0.39, 0.29) is 12.1 Å². The molecule has 5 rings (SSSR count). The number of carbonyl (C=O) groups is 1. The first-order valence-corrected chi connectivity index (χ1v) is 10.6. The summed E-state index contributed by atoms with van der Waals surface area (Å²) in [5.74, 6) is 0.592. The van der Waals surface area contributed by atoms with E-state index < -0.39 is 6.03 Å². The number of carbonyl (C=O) groups excluding carboxylic acids is 1. The quantitative estimate of drug-likeness (QED) is 0.513. The molecule has 9 nitrogen and oxygen atoms in total. The number of morpholine rings is 1. The number of H-pyrrole nitrogens is 1. The number of primary amides is 1. The van der Waals surface area contributed by atoms with E-state index in [1.54, 1.807) is 12.1 Å². The van der Waals surface area contributed by atoms with Crippen LogP contribution in [0.25, 0.3) is 33.5 Å². The van der Waals surface area contributed by atoms with Crippen LogP contribution in [0.1, 0.15) is 6.92 Å². The molecule has 1 aliphatic heterocycles. The van der Waals surface area contributed by atoms with Crippen LogP contribution in [0.3, 0.4) is 0 Å². The van der Waals surface area contributed by atoms with Gasteiger partial charge < -0.3 is 25.3 Å². The summed E-state index contributed by atoms with van der Waals surface area (Å²) in [7, 11) is 4.12. The van der Waals surface area contributed by atoms with Crippen LogP contribution in [0.2, 0.25) is 0 Å². The fraction of sp³-hybridized carbons (Fsp3) is 0.348. The maximum absolute atomic E-state index is 11.8. The van der Waals surface area contributed by atoms with Crippen molar-refractivity contribution >= 4 is 33.7 Å². The first-order chi connectivity index (χ1) is 15.4. The average molecular weight is 433 g/mol. The summed E-state index contributed by atoms with van der Waals surface area (Å²) in [6, 6.07) is 14.1. The number of nitrogens with two attached hydrogens (primary N) is 1. The Morgan fingerprint density at radius 2 is 2.22 bits per heavy atom. The molecule has 2 aromatic carbocycles. The molecule has 0 spiro atoms. The maximum atomic E-state index is 11.8. The number of fused-ring (bicyclic) bond motifs is 2. The summed E-state index contributed by atoms with van der Waals surface area (Å²) in [5, 5.41) is 5.20. The molecule has 1 saturated heterocycles. The van der Waals surface area contributed by atoms with Crippen molar-refractivity contribution in [1.82, 2.24) is 24.6 Å². The van der Waals surface area contributed by atoms with Crippen molar-refractivity contribution < 1.29 is 9.53 Å². The number of aromatic nitrogens is 4. The van der Waals surface area contributed by atoms with Crippen LogP contribution in [0.15, 0.2) is 36.4 Å². The predicted octanol–water partition coefficient (Wildman–Crippen LogP) is 2.46. The van der Waals surface area contributed by atoms with Gasteiger partial charge in [-0.1, -0.05) is 6.07 Å². The van der Waals surface area contributed by atoms with Gasteiger partial charge in [0.05, 0.1) is 29.3 Å². The van der Waals surface area contributed by atoms with Crippen LogP contribution < -0.4 is 10.6 Å². The maximum Gasteiger partial charge on any atom is 0.340 e. The highest BCUT2D eigenvalue weighted by molar-refractivity contribution is 5.98. The molecule has 0 aliphatic carbocycles. The molecule has 3 heterocycles. The Kier molecular flexibility index (Phi) is 5.07. The Bertz CT molecular complexity index is 1290.